The van der Waals surface area contributed by atoms with E-state index in [2.05, 4.69) is 15.3 Å². The number of carbonyl (C=O) groups is 2. The van der Waals surface area contributed by atoms with Gasteiger partial charge in [-0.15, -0.1) is 0 Å². The molecule has 2 aromatic heterocycles. The van der Waals surface area contributed by atoms with E-state index >= 15 is 0 Å². The summed E-state index contributed by atoms with van der Waals surface area (Å²) in [6.07, 6.45) is 4.52. The lowest BCUT2D eigenvalue weighted by atomic mass is 10.0. The van der Waals surface area contributed by atoms with Gasteiger partial charge in [0.25, 0.3) is 11.8 Å². The molecule has 39 heavy (non-hydrogen) atoms. The van der Waals surface area contributed by atoms with E-state index in [0.717, 1.165) is 34.4 Å². The Bertz CT molecular complexity index is 1580. The van der Waals surface area contributed by atoms with Crippen molar-refractivity contribution < 1.29 is 22.7 Å². The molecule has 10 nitrogen and oxygen atoms in total. The van der Waals surface area contributed by atoms with Crippen LogP contribution in [0.5, 0.6) is 0 Å². The van der Waals surface area contributed by atoms with Gasteiger partial charge in [0.1, 0.15) is 18.2 Å². The van der Waals surface area contributed by atoms with Crippen LogP contribution in [0.25, 0.3) is 10.4 Å². The summed E-state index contributed by atoms with van der Waals surface area (Å²) in [4.78, 5) is 38.9. The summed E-state index contributed by atoms with van der Waals surface area (Å²) < 4.78 is 30.8. The number of anilines is 3. The van der Waals surface area contributed by atoms with E-state index in [9.17, 15) is 18.0 Å². The molecule has 0 bridgehead atoms. The molecule has 4 heterocycles. The van der Waals surface area contributed by atoms with E-state index in [0.29, 0.717) is 54.5 Å². The number of amides is 2. The van der Waals surface area contributed by atoms with Crippen molar-refractivity contribution in [2.75, 3.05) is 42.8 Å². The van der Waals surface area contributed by atoms with Crippen LogP contribution in [0.1, 0.15) is 40.9 Å². The van der Waals surface area contributed by atoms with Crippen molar-refractivity contribution in [2.45, 2.75) is 37.6 Å². The van der Waals surface area contributed by atoms with Crippen LogP contribution in [-0.2, 0) is 25.9 Å². The van der Waals surface area contributed by atoms with Crippen LogP contribution in [-0.4, -0.2) is 67.7 Å². The smallest absolute Gasteiger partial charge is 0.255 e. The van der Waals surface area contributed by atoms with Gasteiger partial charge in [-0.25, -0.2) is 18.4 Å². The van der Waals surface area contributed by atoms with Gasteiger partial charge in [0.2, 0.25) is 0 Å². The van der Waals surface area contributed by atoms with Gasteiger partial charge in [0.05, 0.1) is 34.2 Å². The topological polar surface area (TPSA) is 122 Å². The van der Waals surface area contributed by atoms with Gasteiger partial charge in [-0.3, -0.25) is 14.5 Å². The monoisotopic (exact) mass is 567 g/mol. The fraction of sp³-hybridized carbons (Fsp3) is 0.407. The molecule has 1 N–H and O–H groups in total. The van der Waals surface area contributed by atoms with Gasteiger partial charge < -0.3 is 15.0 Å². The number of nitrogens with zero attached hydrogens (tertiary/aromatic N) is 4. The summed E-state index contributed by atoms with van der Waals surface area (Å²) >= 11 is 1.38. The van der Waals surface area contributed by atoms with Gasteiger partial charge in [0, 0.05) is 19.3 Å². The Morgan fingerprint density at radius 2 is 2.00 bits per heavy atom. The minimum Gasteiger partial charge on any atom is -0.370 e. The first-order valence-corrected chi connectivity index (χ1v) is 15.6. The molecule has 0 atom stereocenters. The van der Waals surface area contributed by atoms with Gasteiger partial charge in [-0.2, -0.15) is 0 Å². The zero-order valence-corrected chi connectivity index (χ0v) is 23.4. The van der Waals surface area contributed by atoms with Crippen molar-refractivity contribution in [1.29, 1.82) is 0 Å². The van der Waals surface area contributed by atoms with Crippen LogP contribution in [0.2, 0.25) is 0 Å². The van der Waals surface area contributed by atoms with E-state index < -0.39 is 9.84 Å². The average molecular weight is 568 g/mol. The van der Waals surface area contributed by atoms with Gasteiger partial charge in [-0.05, 0) is 54.7 Å². The maximum absolute atomic E-state index is 13.2. The van der Waals surface area contributed by atoms with Gasteiger partial charge in [0.15, 0.2) is 15.0 Å². The number of ether oxygens (including phenoxy) is 1. The zero-order valence-electron chi connectivity index (χ0n) is 21.8. The predicted octanol–water partition coefficient (Wildman–Crippen LogP) is 3.78. The first-order valence-electron chi connectivity index (χ1n) is 12.9. The van der Waals surface area contributed by atoms with Gasteiger partial charge in [-0.1, -0.05) is 30.2 Å². The largest absolute Gasteiger partial charge is 0.370 e. The number of rotatable bonds is 8. The molecule has 0 spiro atoms. The summed E-state index contributed by atoms with van der Waals surface area (Å²) in [5.74, 6) is 1.41. The number of fused-ring (bicyclic) bond motifs is 1. The molecule has 1 aromatic carbocycles. The Morgan fingerprint density at radius 1 is 1.18 bits per heavy atom. The number of morpholine rings is 1. The summed E-state index contributed by atoms with van der Waals surface area (Å²) in [5.41, 5.74) is 2.49. The molecule has 0 unspecified atom stereocenters. The highest BCUT2D eigenvalue weighted by Gasteiger charge is 2.35. The van der Waals surface area contributed by atoms with Gasteiger partial charge >= 0.3 is 0 Å². The molecule has 2 fully saturated rings. The first kappa shape index (κ1) is 25.9. The van der Waals surface area contributed by atoms with E-state index in [1.54, 1.807) is 28.0 Å². The number of pyridine rings is 1. The second-order valence-electron chi connectivity index (χ2n) is 10.3. The minimum atomic E-state index is -3.64. The summed E-state index contributed by atoms with van der Waals surface area (Å²) in [5, 5.41) is 3.81. The highest BCUT2D eigenvalue weighted by Crippen LogP contribution is 2.40. The molecule has 3 aliphatic rings. The molecule has 1 aliphatic carbocycles. The summed E-state index contributed by atoms with van der Waals surface area (Å²) in [6.45, 7) is 3.86. The third-order valence-electron chi connectivity index (χ3n) is 7.24. The van der Waals surface area contributed by atoms with Crippen molar-refractivity contribution >= 4 is 49.8 Å². The number of aromatic nitrogens is 2. The number of sulfone groups is 1. The van der Waals surface area contributed by atoms with Crippen LogP contribution in [0.3, 0.4) is 0 Å². The third kappa shape index (κ3) is 5.28. The molecule has 1 saturated heterocycles. The summed E-state index contributed by atoms with van der Waals surface area (Å²) in [6, 6.07) is 8.92. The van der Waals surface area contributed by atoms with Crippen molar-refractivity contribution in [3.63, 3.8) is 0 Å². The number of carbonyl (C=O) groups excluding carboxylic acids is 2. The van der Waals surface area contributed by atoms with Crippen molar-refractivity contribution in [3.8, 4) is 10.4 Å². The highest BCUT2D eigenvalue weighted by atomic mass is 32.2. The number of thiazole rings is 1. The lowest BCUT2D eigenvalue weighted by Gasteiger charge is -2.26. The number of hydrogen-bond acceptors (Lipinski definition) is 9. The van der Waals surface area contributed by atoms with Crippen LogP contribution >= 0.6 is 11.3 Å². The number of hydrogen-bond donors (Lipinski definition) is 1. The molecule has 6 rings (SSSR count). The normalized spacial score (nSPS) is 17.6. The third-order valence-corrected chi connectivity index (χ3v) is 9.48. The fourth-order valence-electron chi connectivity index (χ4n) is 5.06. The standard InChI is InChI=1S/C27H29N5O5S2/c1-16-25(38-27(28-16)30-21-4-3-5-22(29-21)32-10-11-37-15-23(32)33)18-12-19-14-31(9-8-17-6-7-17)26(34)24(19)20(13-18)39(2,35)36/h3-5,12-13,17H,6-11,14-15H2,1-2H3,(H,28,29,30). The predicted molar refractivity (Wildman–Crippen MR) is 148 cm³/mol. The molecule has 1 saturated carbocycles. The van der Waals surface area contributed by atoms with Crippen molar-refractivity contribution in [2.24, 2.45) is 5.92 Å². The quantitative estimate of drug-likeness (QED) is 0.437. The molecule has 204 valence electrons. The minimum absolute atomic E-state index is 0.0362. The van der Waals surface area contributed by atoms with E-state index in [4.69, 9.17) is 4.74 Å². The Balaban J connectivity index is 1.29. The Morgan fingerprint density at radius 3 is 2.74 bits per heavy atom. The number of nitrogens with one attached hydrogen (secondary N) is 1. The second kappa shape index (κ2) is 10.00. The molecule has 0 radical (unpaired) electrons. The highest BCUT2D eigenvalue weighted by molar-refractivity contribution is 7.90. The second-order valence-corrected chi connectivity index (χ2v) is 13.3. The lowest BCUT2D eigenvalue weighted by molar-refractivity contribution is -0.125. The van der Waals surface area contributed by atoms with Crippen LogP contribution < -0.4 is 10.2 Å². The Hall–Kier alpha value is -3.35. The van der Waals surface area contributed by atoms with E-state index in [1.165, 1.54) is 24.2 Å². The maximum Gasteiger partial charge on any atom is 0.255 e. The fourth-order valence-corrected chi connectivity index (χ4v) is 6.95. The molecule has 2 amide bonds. The van der Waals surface area contributed by atoms with Crippen LogP contribution in [0.15, 0.2) is 35.2 Å². The molecular weight excluding hydrogens is 538 g/mol. The summed E-state index contributed by atoms with van der Waals surface area (Å²) in [7, 11) is -3.64. The van der Waals surface area contributed by atoms with E-state index in [1.807, 2.05) is 19.1 Å². The van der Waals surface area contributed by atoms with Crippen LogP contribution in [0.4, 0.5) is 16.8 Å². The molecule has 12 heteroatoms. The molecular formula is C27H29N5O5S2. The van der Waals surface area contributed by atoms with Crippen LogP contribution in [0, 0.1) is 12.8 Å². The Labute approximate surface area is 230 Å². The first-order chi connectivity index (χ1) is 18.7. The number of benzene rings is 1. The van der Waals surface area contributed by atoms with E-state index in [-0.39, 0.29) is 23.3 Å². The zero-order chi connectivity index (χ0) is 27.3. The molecule has 2 aliphatic heterocycles. The number of aryl methyl sites for hydroxylation is 1. The SMILES string of the molecule is Cc1nc(Nc2cccc(N3CCOCC3=O)n2)sc1-c1cc2c(c(S(C)(=O)=O)c1)C(=O)N(CCC1CC1)C2. The van der Waals surface area contributed by atoms with Crippen molar-refractivity contribution in [3.05, 3.63) is 47.2 Å². The average Bonchev–Trinajstić information content (AvgIpc) is 3.58. The maximum atomic E-state index is 13.2. The van der Waals surface area contributed by atoms with Crippen molar-refractivity contribution in [1.82, 2.24) is 14.9 Å². The lowest BCUT2D eigenvalue weighted by Crippen LogP contribution is -2.42. The molecule has 3 aromatic rings. The Kier molecular flexibility index (Phi) is 6.64.